The molecule has 120 valence electrons. The molecule has 0 aliphatic rings. The van der Waals surface area contributed by atoms with Gasteiger partial charge in [0, 0.05) is 18.4 Å². The smallest absolute Gasteiger partial charge is 0.250 e. The summed E-state index contributed by atoms with van der Waals surface area (Å²) in [4.78, 5) is 27.1. The number of hydrogen-bond donors (Lipinski definition) is 1. The van der Waals surface area contributed by atoms with Crippen molar-refractivity contribution in [2.45, 2.75) is 6.92 Å². The van der Waals surface area contributed by atoms with Crippen LogP contribution in [-0.2, 0) is 4.79 Å². The third-order valence-corrected chi connectivity index (χ3v) is 3.69. The highest BCUT2D eigenvalue weighted by atomic mass is 32.1. The first kappa shape index (κ1) is 16.7. The Balaban J connectivity index is 2.04. The molecule has 1 amide bonds. The van der Waals surface area contributed by atoms with Gasteiger partial charge >= 0.3 is 0 Å². The van der Waals surface area contributed by atoms with Gasteiger partial charge < -0.3 is 9.47 Å². The highest BCUT2D eigenvalue weighted by Gasteiger charge is 2.07. The van der Waals surface area contributed by atoms with Crippen LogP contribution >= 0.6 is 11.3 Å². The number of rotatable bonds is 6. The molecule has 0 atom stereocenters. The van der Waals surface area contributed by atoms with E-state index in [1.54, 1.807) is 37.8 Å². The van der Waals surface area contributed by atoms with Gasteiger partial charge in [0.2, 0.25) is 5.91 Å². The maximum atomic E-state index is 11.9. The molecule has 0 aliphatic heterocycles. The summed E-state index contributed by atoms with van der Waals surface area (Å²) in [6, 6.07) is 5.33. The zero-order valence-electron chi connectivity index (χ0n) is 13.0. The number of methoxy groups -OCH3 is 2. The number of thiazole rings is 1. The van der Waals surface area contributed by atoms with Crippen LogP contribution in [0.25, 0.3) is 6.08 Å². The van der Waals surface area contributed by atoms with E-state index in [-0.39, 0.29) is 11.7 Å². The van der Waals surface area contributed by atoms with Crippen molar-refractivity contribution in [1.29, 1.82) is 0 Å². The average Bonchev–Trinajstić information content (AvgIpc) is 3.01. The number of anilines is 1. The third kappa shape index (κ3) is 4.40. The van der Waals surface area contributed by atoms with E-state index in [0.717, 1.165) is 5.56 Å². The van der Waals surface area contributed by atoms with E-state index in [4.69, 9.17) is 9.47 Å². The molecule has 2 rings (SSSR count). The predicted molar refractivity (Wildman–Crippen MR) is 89.3 cm³/mol. The number of hydrogen-bond acceptors (Lipinski definition) is 6. The molecule has 0 saturated heterocycles. The van der Waals surface area contributed by atoms with Crippen LogP contribution in [0.4, 0.5) is 5.13 Å². The third-order valence-electron chi connectivity index (χ3n) is 2.93. The van der Waals surface area contributed by atoms with Crippen molar-refractivity contribution in [3.63, 3.8) is 0 Å². The van der Waals surface area contributed by atoms with Crippen LogP contribution in [0.2, 0.25) is 0 Å². The van der Waals surface area contributed by atoms with Crippen molar-refractivity contribution >= 4 is 34.2 Å². The number of carbonyl (C=O) groups is 2. The van der Waals surface area contributed by atoms with Crippen LogP contribution < -0.4 is 14.8 Å². The van der Waals surface area contributed by atoms with Crippen LogP contribution in [0.5, 0.6) is 11.5 Å². The van der Waals surface area contributed by atoms with E-state index in [0.29, 0.717) is 22.3 Å². The quantitative estimate of drug-likeness (QED) is 0.650. The number of nitrogens with zero attached hydrogens (tertiary/aromatic N) is 1. The Labute approximate surface area is 137 Å². The molecule has 2 aromatic rings. The molecule has 0 unspecified atom stereocenters. The lowest BCUT2D eigenvalue weighted by molar-refractivity contribution is -0.111. The van der Waals surface area contributed by atoms with Gasteiger partial charge in [0.25, 0.3) is 0 Å². The molecule has 6 nitrogen and oxygen atoms in total. The highest BCUT2D eigenvalue weighted by Crippen LogP contribution is 2.28. The number of ether oxygens (including phenoxy) is 2. The Morgan fingerprint density at radius 1 is 1.22 bits per heavy atom. The second-order valence-corrected chi connectivity index (χ2v) is 5.39. The van der Waals surface area contributed by atoms with E-state index in [1.807, 2.05) is 6.07 Å². The lowest BCUT2D eigenvalue weighted by atomic mass is 10.2. The topological polar surface area (TPSA) is 77.5 Å². The minimum atomic E-state index is -0.329. The normalized spacial score (nSPS) is 10.6. The van der Waals surface area contributed by atoms with Gasteiger partial charge in [0.05, 0.1) is 14.2 Å². The minimum Gasteiger partial charge on any atom is -0.493 e. The molecular formula is C16H16N2O4S. The van der Waals surface area contributed by atoms with Crippen molar-refractivity contribution in [2.24, 2.45) is 0 Å². The van der Waals surface area contributed by atoms with Gasteiger partial charge in [-0.2, -0.15) is 0 Å². The summed E-state index contributed by atoms with van der Waals surface area (Å²) in [5.74, 6) is 0.738. The molecule has 0 spiro atoms. The number of ketones is 1. The zero-order valence-corrected chi connectivity index (χ0v) is 13.8. The van der Waals surface area contributed by atoms with Crippen LogP contribution in [0.15, 0.2) is 29.7 Å². The Bertz CT molecular complexity index is 752. The van der Waals surface area contributed by atoms with Gasteiger partial charge in [0.15, 0.2) is 22.4 Å². The largest absolute Gasteiger partial charge is 0.493 e. The summed E-state index contributed by atoms with van der Waals surface area (Å²) in [7, 11) is 3.11. The molecule has 23 heavy (non-hydrogen) atoms. The number of nitrogens with one attached hydrogen (secondary N) is 1. The summed E-state index contributed by atoms with van der Waals surface area (Å²) >= 11 is 1.20. The number of benzene rings is 1. The zero-order chi connectivity index (χ0) is 16.8. The van der Waals surface area contributed by atoms with Crippen molar-refractivity contribution in [3.8, 4) is 11.5 Å². The highest BCUT2D eigenvalue weighted by molar-refractivity contribution is 7.14. The van der Waals surface area contributed by atoms with Gasteiger partial charge in [-0.05, 0) is 23.8 Å². The summed E-state index contributed by atoms with van der Waals surface area (Å²) in [6.07, 6.45) is 3.03. The molecule has 1 aromatic heterocycles. The Morgan fingerprint density at radius 2 is 1.96 bits per heavy atom. The maximum absolute atomic E-state index is 11.9. The Kier molecular flexibility index (Phi) is 5.48. The minimum absolute atomic E-state index is 0.136. The van der Waals surface area contributed by atoms with Crippen LogP contribution in [0.3, 0.4) is 0 Å². The van der Waals surface area contributed by atoms with Gasteiger partial charge in [-0.25, -0.2) is 4.98 Å². The number of Topliss-reactive ketones (excluding diaryl/α,β-unsaturated/α-hetero) is 1. The lowest BCUT2D eigenvalue weighted by Crippen LogP contribution is -2.07. The van der Waals surface area contributed by atoms with E-state index in [2.05, 4.69) is 10.3 Å². The maximum Gasteiger partial charge on any atom is 0.250 e. The van der Waals surface area contributed by atoms with Gasteiger partial charge in [-0.15, -0.1) is 11.3 Å². The molecule has 1 N–H and O–H groups in total. The van der Waals surface area contributed by atoms with E-state index in [1.165, 1.54) is 24.3 Å². The second-order valence-electron chi connectivity index (χ2n) is 4.53. The first-order chi connectivity index (χ1) is 11.0. The van der Waals surface area contributed by atoms with E-state index in [9.17, 15) is 9.59 Å². The van der Waals surface area contributed by atoms with Crippen molar-refractivity contribution in [3.05, 3.63) is 40.9 Å². The first-order valence-corrected chi connectivity index (χ1v) is 7.59. The predicted octanol–water partition coefficient (Wildman–Crippen LogP) is 3.01. The molecule has 0 radical (unpaired) electrons. The number of carbonyl (C=O) groups excluding carboxylic acids is 2. The lowest BCUT2D eigenvalue weighted by Gasteiger charge is -2.07. The molecule has 7 heteroatoms. The Morgan fingerprint density at radius 3 is 2.57 bits per heavy atom. The SMILES string of the molecule is COc1ccc(C=CC(=O)Nc2nc(C(C)=O)cs2)cc1OC. The van der Waals surface area contributed by atoms with Crippen molar-refractivity contribution in [1.82, 2.24) is 4.98 Å². The fourth-order valence-corrected chi connectivity index (χ4v) is 2.52. The number of amides is 1. The van der Waals surface area contributed by atoms with Crippen molar-refractivity contribution < 1.29 is 19.1 Å². The standard InChI is InChI=1S/C16H16N2O4S/c1-10(19)12-9-23-16(17-12)18-15(20)7-5-11-4-6-13(21-2)14(8-11)22-3/h4-9H,1-3H3,(H,17,18,20). The fraction of sp³-hybridized carbons (Fsp3) is 0.188. The van der Waals surface area contributed by atoms with E-state index < -0.39 is 0 Å². The molecule has 0 saturated carbocycles. The second kappa shape index (κ2) is 7.55. The van der Waals surface area contributed by atoms with Crippen LogP contribution in [0.1, 0.15) is 23.0 Å². The molecule has 0 fully saturated rings. The molecular weight excluding hydrogens is 316 g/mol. The van der Waals surface area contributed by atoms with Gasteiger partial charge in [-0.1, -0.05) is 6.07 Å². The van der Waals surface area contributed by atoms with Gasteiger partial charge in [0.1, 0.15) is 5.69 Å². The summed E-state index contributed by atoms with van der Waals surface area (Å²) in [5, 5.41) is 4.61. The Hall–Kier alpha value is -2.67. The molecule has 0 bridgehead atoms. The number of aromatic nitrogens is 1. The van der Waals surface area contributed by atoms with Crippen LogP contribution in [-0.4, -0.2) is 30.9 Å². The average molecular weight is 332 g/mol. The summed E-state index contributed by atoms with van der Waals surface area (Å²) in [6.45, 7) is 1.43. The van der Waals surface area contributed by atoms with E-state index >= 15 is 0 Å². The van der Waals surface area contributed by atoms with Crippen LogP contribution in [0, 0.1) is 0 Å². The van der Waals surface area contributed by atoms with Crippen molar-refractivity contribution in [2.75, 3.05) is 19.5 Å². The molecule has 0 aliphatic carbocycles. The molecule has 1 aromatic carbocycles. The van der Waals surface area contributed by atoms with Gasteiger partial charge in [-0.3, -0.25) is 14.9 Å². The first-order valence-electron chi connectivity index (χ1n) is 6.71. The monoisotopic (exact) mass is 332 g/mol. The fourth-order valence-electron chi connectivity index (χ4n) is 1.77. The molecule has 1 heterocycles. The summed E-state index contributed by atoms with van der Waals surface area (Å²) in [5.41, 5.74) is 1.13. The summed E-state index contributed by atoms with van der Waals surface area (Å²) < 4.78 is 10.4.